The fourth-order valence-corrected chi connectivity index (χ4v) is 4.35. The number of amides is 1. The van der Waals surface area contributed by atoms with Crippen LogP contribution in [-0.4, -0.2) is 30.4 Å². The highest BCUT2D eigenvalue weighted by Crippen LogP contribution is 2.30. The Bertz CT molecular complexity index is 627. The number of hydrogen-bond donors (Lipinski definition) is 1. The molecule has 0 bridgehead atoms. The highest BCUT2D eigenvalue weighted by atomic mass is 32.1. The molecule has 4 heteroatoms. The molecule has 0 unspecified atom stereocenters. The molecule has 3 nitrogen and oxygen atoms in total. The third-order valence-electron chi connectivity index (χ3n) is 4.41. The second-order valence-corrected chi connectivity index (χ2v) is 7.22. The van der Waals surface area contributed by atoms with Crippen molar-refractivity contribution in [2.45, 2.75) is 32.1 Å². The average Bonchev–Trinajstić information content (AvgIpc) is 3.03. The Labute approximate surface area is 142 Å². The molecule has 0 aliphatic heterocycles. The van der Waals surface area contributed by atoms with Gasteiger partial charge in [-0.05, 0) is 49.3 Å². The number of fused-ring (bicyclic) bond motifs is 1. The van der Waals surface area contributed by atoms with E-state index in [1.807, 2.05) is 23.1 Å². The summed E-state index contributed by atoms with van der Waals surface area (Å²) in [4.78, 5) is 17.1. The number of carbonyl (C=O) groups is 1. The van der Waals surface area contributed by atoms with E-state index in [-0.39, 0.29) is 5.91 Å². The monoisotopic (exact) mass is 328 g/mol. The summed E-state index contributed by atoms with van der Waals surface area (Å²) in [5.41, 5.74) is 8.37. The van der Waals surface area contributed by atoms with Crippen LogP contribution in [0.15, 0.2) is 36.4 Å². The lowest BCUT2D eigenvalue weighted by Crippen LogP contribution is -2.36. The van der Waals surface area contributed by atoms with Crippen molar-refractivity contribution in [2.75, 3.05) is 19.6 Å². The highest BCUT2D eigenvalue weighted by molar-refractivity contribution is 7.14. The number of carbonyl (C=O) groups excluding carboxylic acids is 1. The fourth-order valence-electron chi connectivity index (χ4n) is 3.13. The van der Waals surface area contributed by atoms with Crippen LogP contribution in [0.4, 0.5) is 0 Å². The van der Waals surface area contributed by atoms with E-state index in [2.05, 4.69) is 18.2 Å². The van der Waals surface area contributed by atoms with Gasteiger partial charge in [-0.25, -0.2) is 0 Å². The van der Waals surface area contributed by atoms with E-state index in [1.54, 1.807) is 11.3 Å². The number of nitrogens with zero attached hydrogens (tertiary/aromatic N) is 1. The molecule has 1 aliphatic rings. The second kappa shape index (κ2) is 7.75. The van der Waals surface area contributed by atoms with Crippen LogP contribution in [0.1, 0.15) is 38.5 Å². The molecule has 23 heavy (non-hydrogen) atoms. The number of rotatable bonds is 6. The number of hydrogen-bond acceptors (Lipinski definition) is 3. The zero-order chi connectivity index (χ0) is 16.1. The zero-order valence-electron chi connectivity index (χ0n) is 13.5. The van der Waals surface area contributed by atoms with Crippen LogP contribution >= 0.6 is 11.3 Å². The van der Waals surface area contributed by atoms with Crippen molar-refractivity contribution >= 4 is 17.2 Å². The molecule has 0 spiro atoms. The van der Waals surface area contributed by atoms with Crippen molar-refractivity contribution in [1.82, 2.24) is 4.90 Å². The van der Waals surface area contributed by atoms with Gasteiger partial charge in [0, 0.05) is 24.5 Å². The van der Waals surface area contributed by atoms with Crippen LogP contribution in [0.3, 0.4) is 0 Å². The molecule has 0 saturated heterocycles. The number of nitrogens with two attached hydrogens (primary N) is 1. The Hall–Kier alpha value is -1.65. The molecule has 1 heterocycles. The first-order chi connectivity index (χ1) is 11.3. The maximum absolute atomic E-state index is 12.9. The molecule has 3 rings (SSSR count). The van der Waals surface area contributed by atoms with Crippen LogP contribution in [0.5, 0.6) is 0 Å². The lowest BCUT2D eigenvalue weighted by Gasteiger charge is -2.21. The Kier molecular flexibility index (Phi) is 5.47. The molecular weight excluding hydrogens is 304 g/mol. The van der Waals surface area contributed by atoms with Crippen molar-refractivity contribution in [3.63, 3.8) is 0 Å². The van der Waals surface area contributed by atoms with Gasteiger partial charge in [-0.2, -0.15) is 0 Å². The normalized spacial score (nSPS) is 13.6. The molecule has 0 saturated carbocycles. The van der Waals surface area contributed by atoms with Gasteiger partial charge in [-0.3, -0.25) is 4.79 Å². The van der Waals surface area contributed by atoms with Gasteiger partial charge < -0.3 is 10.6 Å². The smallest absolute Gasteiger partial charge is 0.263 e. The number of thiophene rings is 1. The van der Waals surface area contributed by atoms with Crippen molar-refractivity contribution in [1.29, 1.82) is 0 Å². The van der Waals surface area contributed by atoms with Crippen molar-refractivity contribution in [2.24, 2.45) is 5.73 Å². The summed E-state index contributed by atoms with van der Waals surface area (Å²) in [6.07, 6.45) is 5.63. The Balaban J connectivity index is 1.69. The topological polar surface area (TPSA) is 46.3 Å². The lowest BCUT2D eigenvalue weighted by molar-refractivity contribution is 0.0767. The van der Waals surface area contributed by atoms with Gasteiger partial charge in [0.1, 0.15) is 0 Å². The first kappa shape index (κ1) is 16.2. The Morgan fingerprint density at radius 2 is 1.91 bits per heavy atom. The fraction of sp³-hybridized carbons (Fsp3) is 0.421. The summed E-state index contributed by atoms with van der Waals surface area (Å²) in [6, 6.07) is 12.4. The molecule has 122 valence electrons. The third-order valence-corrected chi connectivity index (χ3v) is 5.63. The minimum Gasteiger partial charge on any atom is -0.336 e. The summed E-state index contributed by atoms with van der Waals surface area (Å²) < 4.78 is 0. The summed E-state index contributed by atoms with van der Waals surface area (Å²) in [7, 11) is 0. The van der Waals surface area contributed by atoms with Gasteiger partial charge in [0.25, 0.3) is 5.91 Å². The third kappa shape index (κ3) is 4.01. The minimum absolute atomic E-state index is 0.144. The van der Waals surface area contributed by atoms with E-state index in [9.17, 15) is 4.79 Å². The first-order valence-electron chi connectivity index (χ1n) is 8.43. The van der Waals surface area contributed by atoms with E-state index in [0.717, 1.165) is 30.7 Å². The van der Waals surface area contributed by atoms with Crippen LogP contribution < -0.4 is 5.73 Å². The molecule has 0 atom stereocenters. The SMILES string of the molecule is NCCN(CCc1ccccc1)C(=O)c1cc2c(s1)CCCC2. The largest absolute Gasteiger partial charge is 0.336 e. The van der Waals surface area contributed by atoms with Gasteiger partial charge in [0.05, 0.1) is 4.88 Å². The molecule has 0 radical (unpaired) electrons. The van der Waals surface area contributed by atoms with E-state index in [1.165, 1.54) is 28.8 Å². The second-order valence-electron chi connectivity index (χ2n) is 6.08. The van der Waals surface area contributed by atoms with Crippen molar-refractivity contribution < 1.29 is 4.79 Å². The van der Waals surface area contributed by atoms with E-state index >= 15 is 0 Å². The number of benzene rings is 1. The first-order valence-corrected chi connectivity index (χ1v) is 9.24. The molecule has 2 aromatic rings. The Morgan fingerprint density at radius 3 is 2.65 bits per heavy atom. The summed E-state index contributed by atoms with van der Waals surface area (Å²) in [5.74, 6) is 0.144. The van der Waals surface area contributed by atoms with Crippen molar-refractivity contribution in [3.8, 4) is 0 Å². The van der Waals surface area contributed by atoms with Gasteiger partial charge in [0.15, 0.2) is 0 Å². The number of aryl methyl sites for hydroxylation is 2. The standard InChI is InChI=1S/C19H24N2OS/c20-11-13-21(12-10-15-6-2-1-3-7-15)19(22)18-14-16-8-4-5-9-17(16)23-18/h1-3,6-7,14H,4-5,8-13,20H2. The molecular formula is C19H24N2OS. The van der Waals surface area contributed by atoms with E-state index in [0.29, 0.717) is 13.1 Å². The zero-order valence-corrected chi connectivity index (χ0v) is 14.3. The highest BCUT2D eigenvalue weighted by Gasteiger charge is 2.21. The van der Waals surface area contributed by atoms with E-state index < -0.39 is 0 Å². The average molecular weight is 328 g/mol. The predicted octanol–water partition coefficient (Wildman–Crippen LogP) is 3.27. The van der Waals surface area contributed by atoms with Gasteiger partial charge in [0.2, 0.25) is 0 Å². The molecule has 1 aromatic heterocycles. The van der Waals surface area contributed by atoms with Gasteiger partial charge >= 0.3 is 0 Å². The minimum atomic E-state index is 0.144. The van der Waals surface area contributed by atoms with E-state index in [4.69, 9.17) is 5.73 Å². The lowest BCUT2D eigenvalue weighted by atomic mass is 9.99. The van der Waals surface area contributed by atoms with Crippen LogP contribution in [0.25, 0.3) is 0 Å². The summed E-state index contributed by atoms with van der Waals surface area (Å²) in [6.45, 7) is 1.85. The molecule has 1 aliphatic carbocycles. The maximum Gasteiger partial charge on any atom is 0.263 e. The van der Waals surface area contributed by atoms with Gasteiger partial charge in [-0.1, -0.05) is 30.3 Å². The van der Waals surface area contributed by atoms with Gasteiger partial charge in [-0.15, -0.1) is 11.3 Å². The molecule has 1 amide bonds. The summed E-state index contributed by atoms with van der Waals surface area (Å²) >= 11 is 1.69. The van der Waals surface area contributed by atoms with Crippen molar-refractivity contribution in [3.05, 3.63) is 57.3 Å². The van der Waals surface area contributed by atoms with Crippen LogP contribution in [-0.2, 0) is 19.3 Å². The molecule has 2 N–H and O–H groups in total. The maximum atomic E-state index is 12.9. The molecule has 1 aromatic carbocycles. The predicted molar refractivity (Wildman–Crippen MR) is 96.1 cm³/mol. The molecule has 0 fully saturated rings. The van der Waals surface area contributed by atoms with Crippen LogP contribution in [0.2, 0.25) is 0 Å². The van der Waals surface area contributed by atoms with Crippen LogP contribution in [0, 0.1) is 0 Å². The summed E-state index contributed by atoms with van der Waals surface area (Å²) in [5, 5.41) is 0. The quantitative estimate of drug-likeness (QED) is 0.884. The Morgan fingerprint density at radius 1 is 1.13 bits per heavy atom.